The van der Waals surface area contributed by atoms with Crippen molar-refractivity contribution in [2.45, 2.75) is 31.1 Å². The molecule has 2 aromatic heterocycles. The molecule has 3 heterocycles. The first-order valence-electron chi connectivity index (χ1n) is 15.1. The van der Waals surface area contributed by atoms with E-state index in [0.29, 0.717) is 40.2 Å². The summed E-state index contributed by atoms with van der Waals surface area (Å²) in [5, 5.41) is 20.7. The molecule has 1 atom stereocenters. The van der Waals surface area contributed by atoms with E-state index in [1.807, 2.05) is 71.5 Å². The second-order valence-corrected chi connectivity index (χ2v) is 12.7. The van der Waals surface area contributed by atoms with Crippen LogP contribution in [0.5, 0.6) is 17.2 Å². The van der Waals surface area contributed by atoms with Crippen LogP contribution in [-0.2, 0) is 11.3 Å². The van der Waals surface area contributed by atoms with Crippen molar-refractivity contribution in [2.24, 2.45) is 5.10 Å². The van der Waals surface area contributed by atoms with Crippen LogP contribution in [0.4, 0.5) is 0 Å². The van der Waals surface area contributed by atoms with Crippen molar-refractivity contribution in [3.63, 3.8) is 0 Å². The van der Waals surface area contributed by atoms with Gasteiger partial charge < -0.3 is 19.5 Å². The van der Waals surface area contributed by atoms with Gasteiger partial charge in [-0.25, -0.2) is 5.01 Å². The number of hydrogen-bond acceptors (Lipinski definition) is 10. The Kier molecular flexibility index (Phi) is 10.1. The number of nitrogens with one attached hydrogen (secondary N) is 1. The lowest BCUT2D eigenvalue weighted by Crippen LogP contribution is -2.29. The number of amides is 2. The molecule has 246 valence electrons. The van der Waals surface area contributed by atoms with Crippen LogP contribution in [0.15, 0.2) is 94.5 Å². The SMILES string of the molecule is COc1ccc(C(=O)NCc2nnc(SCC(=O)N3N=C(c4cccs4)C[C@@H]3c3cccc(OC)c3OC)n2-c2cccc(C)c2)cc1. The van der Waals surface area contributed by atoms with Crippen molar-refractivity contribution in [3.8, 4) is 22.9 Å². The average Bonchev–Trinajstić information content (AvgIpc) is 3.89. The lowest BCUT2D eigenvalue weighted by Gasteiger charge is -2.24. The Labute approximate surface area is 286 Å². The lowest BCUT2D eigenvalue weighted by atomic mass is 9.99. The van der Waals surface area contributed by atoms with Gasteiger partial charge in [0.1, 0.15) is 5.75 Å². The van der Waals surface area contributed by atoms with Gasteiger partial charge in [-0.3, -0.25) is 14.2 Å². The Morgan fingerprint density at radius 2 is 1.77 bits per heavy atom. The van der Waals surface area contributed by atoms with Gasteiger partial charge in [-0.05, 0) is 66.4 Å². The number of benzene rings is 3. The van der Waals surface area contributed by atoms with Crippen molar-refractivity contribution in [2.75, 3.05) is 27.1 Å². The first-order valence-corrected chi connectivity index (χ1v) is 17.0. The highest BCUT2D eigenvalue weighted by atomic mass is 32.2. The molecule has 1 aliphatic rings. The fraction of sp³-hybridized carbons (Fsp3) is 0.229. The number of rotatable bonds is 12. The van der Waals surface area contributed by atoms with Crippen molar-refractivity contribution in [3.05, 3.63) is 112 Å². The zero-order valence-corrected chi connectivity index (χ0v) is 28.5. The monoisotopic (exact) mass is 682 g/mol. The van der Waals surface area contributed by atoms with E-state index in [-0.39, 0.29) is 24.1 Å². The minimum Gasteiger partial charge on any atom is -0.497 e. The van der Waals surface area contributed by atoms with Crippen LogP contribution in [0.25, 0.3) is 5.69 Å². The second-order valence-electron chi connectivity index (χ2n) is 10.8. The second kappa shape index (κ2) is 14.7. The van der Waals surface area contributed by atoms with E-state index in [2.05, 4.69) is 15.5 Å². The van der Waals surface area contributed by atoms with Crippen LogP contribution in [0.1, 0.15) is 44.6 Å². The van der Waals surface area contributed by atoms with Crippen LogP contribution in [0.2, 0.25) is 0 Å². The van der Waals surface area contributed by atoms with Crippen LogP contribution < -0.4 is 19.5 Å². The summed E-state index contributed by atoms with van der Waals surface area (Å²) in [6.07, 6.45) is 0.526. The number of hydrogen-bond donors (Lipinski definition) is 1. The summed E-state index contributed by atoms with van der Waals surface area (Å²) >= 11 is 2.84. The minimum absolute atomic E-state index is 0.0478. The highest BCUT2D eigenvalue weighted by molar-refractivity contribution is 7.99. The van der Waals surface area contributed by atoms with Gasteiger partial charge in [-0.1, -0.05) is 42.1 Å². The summed E-state index contributed by atoms with van der Waals surface area (Å²) in [6, 6.07) is 24.0. The van der Waals surface area contributed by atoms with Gasteiger partial charge in [0.15, 0.2) is 22.5 Å². The normalized spacial score (nSPS) is 14.0. The van der Waals surface area contributed by atoms with Crippen molar-refractivity contribution in [1.29, 1.82) is 0 Å². The van der Waals surface area contributed by atoms with Crippen LogP contribution >= 0.6 is 23.1 Å². The van der Waals surface area contributed by atoms with Gasteiger partial charge in [-0.2, -0.15) is 5.10 Å². The molecule has 11 nitrogen and oxygen atoms in total. The largest absolute Gasteiger partial charge is 0.497 e. The fourth-order valence-electron chi connectivity index (χ4n) is 5.48. The molecular weight excluding hydrogens is 649 g/mol. The first-order chi connectivity index (χ1) is 23.4. The Morgan fingerprint density at radius 1 is 0.958 bits per heavy atom. The highest BCUT2D eigenvalue weighted by Crippen LogP contribution is 2.42. The van der Waals surface area contributed by atoms with Crippen molar-refractivity contribution < 1.29 is 23.8 Å². The summed E-state index contributed by atoms with van der Waals surface area (Å²) in [6.45, 7) is 2.12. The quantitative estimate of drug-likeness (QED) is 0.158. The van der Waals surface area contributed by atoms with Gasteiger partial charge in [0.2, 0.25) is 0 Å². The van der Waals surface area contributed by atoms with E-state index >= 15 is 0 Å². The average molecular weight is 683 g/mol. The van der Waals surface area contributed by atoms with E-state index in [0.717, 1.165) is 27.4 Å². The summed E-state index contributed by atoms with van der Waals surface area (Å²) < 4.78 is 18.4. The Bertz CT molecular complexity index is 1940. The maximum Gasteiger partial charge on any atom is 0.253 e. The molecule has 2 amide bonds. The molecule has 13 heteroatoms. The third-order valence-corrected chi connectivity index (χ3v) is 9.64. The lowest BCUT2D eigenvalue weighted by molar-refractivity contribution is -0.130. The number of thiophene rings is 1. The zero-order chi connectivity index (χ0) is 33.6. The maximum absolute atomic E-state index is 14.0. The zero-order valence-electron chi connectivity index (χ0n) is 26.9. The number of para-hydroxylation sites is 1. The molecule has 6 rings (SSSR count). The number of methoxy groups -OCH3 is 3. The molecule has 0 unspecified atom stereocenters. The maximum atomic E-state index is 14.0. The van der Waals surface area contributed by atoms with Gasteiger partial charge >= 0.3 is 0 Å². The summed E-state index contributed by atoms with van der Waals surface area (Å²) in [4.78, 5) is 27.9. The van der Waals surface area contributed by atoms with E-state index in [4.69, 9.17) is 19.3 Å². The van der Waals surface area contributed by atoms with Crippen LogP contribution in [0.3, 0.4) is 0 Å². The number of aryl methyl sites for hydroxylation is 1. The topological polar surface area (TPSA) is 120 Å². The molecule has 3 aromatic carbocycles. The Morgan fingerprint density at radius 3 is 2.48 bits per heavy atom. The number of ether oxygens (including phenoxy) is 3. The fourth-order valence-corrected chi connectivity index (χ4v) is 7.02. The van der Waals surface area contributed by atoms with Crippen LogP contribution in [-0.4, -0.2) is 64.4 Å². The van der Waals surface area contributed by atoms with Gasteiger partial charge in [0, 0.05) is 23.2 Å². The molecule has 0 bridgehead atoms. The predicted octanol–water partition coefficient (Wildman–Crippen LogP) is 6.06. The number of carbonyl (C=O) groups is 2. The third kappa shape index (κ3) is 6.92. The molecule has 1 aliphatic heterocycles. The van der Waals surface area contributed by atoms with Gasteiger partial charge in [-0.15, -0.1) is 21.5 Å². The first kappa shape index (κ1) is 32.8. The molecule has 0 radical (unpaired) electrons. The molecule has 0 saturated carbocycles. The molecule has 5 aromatic rings. The molecule has 0 saturated heterocycles. The molecule has 0 fully saturated rings. The number of nitrogens with zero attached hydrogens (tertiary/aromatic N) is 5. The summed E-state index contributed by atoms with van der Waals surface area (Å²) in [5.41, 5.74) is 4.00. The summed E-state index contributed by atoms with van der Waals surface area (Å²) in [5.74, 6) is 1.93. The molecule has 0 aliphatic carbocycles. The van der Waals surface area contributed by atoms with Gasteiger partial charge in [0.25, 0.3) is 11.8 Å². The van der Waals surface area contributed by atoms with Crippen molar-refractivity contribution >= 4 is 40.6 Å². The summed E-state index contributed by atoms with van der Waals surface area (Å²) in [7, 11) is 4.76. The van der Waals surface area contributed by atoms with E-state index in [9.17, 15) is 9.59 Å². The van der Waals surface area contributed by atoms with E-state index in [1.165, 1.54) is 11.8 Å². The van der Waals surface area contributed by atoms with Gasteiger partial charge in [0.05, 0.1) is 50.3 Å². The Balaban J connectivity index is 1.25. The standard InChI is InChI=1S/C35H34N6O5S2/c1-22-8-5-9-24(18-22)40-31(20-36-34(43)23-13-15-25(44-2)16-14-23)37-38-35(40)48-21-32(42)41-28(19-27(39-41)30-12-7-17-47-30)26-10-6-11-29(45-3)33(26)46-4/h5-18,28H,19-21H2,1-4H3,(H,36,43)/t28-/m1/s1. The number of thioether (sulfide) groups is 1. The molecule has 48 heavy (non-hydrogen) atoms. The third-order valence-electron chi connectivity index (χ3n) is 7.81. The minimum atomic E-state index is -0.390. The smallest absolute Gasteiger partial charge is 0.253 e. The highest BCUT2D eigenvalue weighted by Gasteiger charge is 2.36. The molecule has 0 spiro atoms. The van der Waals surface area contributed by atoms with E-state index < -0.39 is 6.04 Å². The number of hydrazone groups is 1. The number of carbonyl (C=O) groups excluding carboxylic acids is 2. The predicted molar refractivity (Wildman–Crippen MR) is 186 cm³/mol. The molecule has 1 N–H and O–H groups in total. The van der Waals surface area contributed by atoms with E-state index in [1.54, 1.807) is 61.9 Å². The van der Waals surface area contributed by atoms with Crippen molar-refractivity contribution in [1.82, 2.24) is 25.1 Å². The number of aromatic nitrogens is 3. The molecular formula is C35H34N6O5S2. The Hall–Kier alpha value is -5.14. The van der Waals surface area contributed by atoms with Crippen LogP contribution in [0, 0.1) is 6.92 Å².